The van der Waals surface area contributed by atoms with Crippen LogP contribution in [0.5, 0.6) is 23.0 Å². The molecule has 0 saturated heterocycles. The monoisotopic (exact) mass is 672 g/mol. The summed E-state index contributed by atoms with van der Waals surface area (Å²) in [6.45, 7) is 3.79. The summed E-state index contributed by atoms with van der Waals surface area (Å²) in [6, 6.07) is 14.4. The summed E-state index contributed by atoms with van der Waals surface area (Å²) in [7, 11) is 2.77. The van der Waals surface area contributed by atoms with Gasteiger partial charge in [0.2, 0.25) is 0 Å². The Hall–Kier alpha value is -4.65. The molecule has 0 aliphatic carbocycles. The first kappa shape index (κ1) is 34.2. The van der Waals surface area contributed by atoms with Gasteiger partial charge in [0, 0.05) is 10.7 Å². The Morgan fingerprint density at radius 2 is 1.87 bits per heavy atom. The van der Waals surface area contributed by atoms with Gasteiger partial charge in [-0.2, -0.15) is 5.10 Å². The van der Waals surface area contributed by atoms with Crippen LogP contribution in [0.4, 0.5) is 4.79 Å². The molecule has 2 amide bonds. The van der Waals surface area contributed by atoms with Crippen LogP contribution < -0.4 is 35.0 Å². The topological polar surface area (TPSA) is 149 Å². The van der Waals surface area contributed by atoms with E-state index >= 15 is 0 Å². The zero-order valence-electron chi connectivity index (χ0n) is 25.6. The lowest BCUT2D eigenvalue weighted by Crippen LogP contribution is -2.45. The molecule has 4 rings (SSSR count). The Bertz CT molecular complexity index is 1630. The van der Waals surface area contributed by atoms with Gasteiger partial charge in [0.05, 0.1) is 43.7 Å². The first-order chi connectivity index (χ1) is 22.1. The number of methoxy groups -OCH3 is 2. The van der Waals surface area contributed by atoms with Gasteiger partial charge >= 0.3 is 12.0 Å². The van der Waals surface area contributed by atoms with Crippen molar-refractivity contribution in [3.05, 3.63) is 92.6 Å². The van der Waals surface area contributed by atoms with Gasteiger partial charge in [0.25, 0.3) is 0 Å². The summed E-state index contributed by atoms with van der Waals surface area (Å²) in [5.74, 6) is 0.877. The second-order valence-corrected chi connectivity index (χ2v) is 10.7. The lowest BCUT2D eigenvalue weighted by atomic mass is 9.95. The molecule has 3 aromatic rings. The highest BCUT2D eigenvalue weighted by molar-refractivity contribution is 6.32. The molecule has 4 N–H and O–H groups in total. The Labute approximate surface area is 276 Å². The number of aliphatic hydroxyl groups is 1. The van der Waals surface area contributed by atoms with Gasteiger partial charge < -0.3 is 39.4 Å². The first-order valence-corrected chi connectivity index (χ1v) is 14.9. The number of nitrogens with one attached hydrogen (secondary N) is 3. The van der Waals surface area contributed by atoms with Crippen LogP contribution in [0.15, 0.2) is 71.0 Å². The van der Waals surface area contributed by atoms with Crippen molar-refractivity contribution >= 4 is 41.4 Å². The van der Waals surface area contributed by atoms with Gasteiger partial charge in [-0.15, -0.1) is 0 Å². The minimum atomic E-state index is -1.19. The van der Waals surface area contributed by atoms with Crippen LogP contribution in [-0.2, 0) is 16.1 Å². The van der Waals surface area contributed by atoms with Crippen molar-refractivity contribution in [3.8, 4) is 23.0 Å². The van der Waals surface area contributed by atoms with Crippen molar-refractivity contribution in [2.75, 3.05) is 27.4 Å². The normalized spacial score (nSPS) is 15.1. The van der Waals surface area contributed by atoms with E-state index in [2.05, 4.69) is 21.2 Å². The number of carbonyl (C=O) groups is 2. The minimum Gasteiger partial charge on any atom is -0.493 e. The third kappa shape index (κ3) is 8.75. The fourth-order valence-corrected chi connectivity index (χ4v) is 5.04. The average Bonchev–Trinajstić information content (AvgIpc) is 3.03. The molecule has 0 fully saturated rings. The predicted octanol–water partition coefficient (Wildman–Crippen LogP) is 5.10. The van der Waals surface area contributed by atoms with Crippen LogP contribution >= 0.6 is 23.2 Å². The minimum absolute atomic E-state index is 0.187. The number of urea groups is 1. The number of nitrogens with zero attached hydrogens (tertiary/aromatic N) is 1. The molecule has 0 spiro atoms. The number of amides is 2. The molecule has 1 aliphatic rings. The van der Waals surface area contributed by atoms with Crippen LogP contribution in [-0.4, -0.2) is 57.0 Å². The second-order valence-electron chi connectivity index (χ2n) is 9.87. The summed E-state index contributed by atoms with van der Waals surface area (Å²) < 4.78 is 27.8. The molecule has 2 atom stereocenters. The fraction of sp³-hybridized carbons (Fsp3) is 0.281. The molecule has 244 valence electrons. The zero-order valence-corrected chi connectivity index (χ0v) is 27.1. The van der Waals surface area contributed by atoms with Crippen molar-refractivity contribution in [1.82, 2.24) is 16.1 Å². The van der Waals surface area contributed by atoms with Crippen LogP contribution in [0.25, 0.3) is 0 Å². The van der Waals surface area contributed by atoms with Crippen molar-refractivity contribution in [2.24, 2.45) is 5.10 Å². The van der Waals surface area contributed by atoms with Crippen LogP contribution in [0, 0.1) is 0 Å². The Balaban J connectivity index is 1.39. The van der Waals surface area contributed by atoms with Gasteiger partial charge in [0.15, 0.2) is 29.2 Å². The van der Waals surface area contributed by atoms with Gasteiger partial charge in [0.1, 0.15) is 13.2 Å². The van der Waals surface area contributed by atoms with Crippen molar-refractivity contribution in [3.63, 3.8) is 0 Å². The van der Waals surface area contributed by atoms with E-state index in [1.54, 1.807) is 56.3 Å². The quantitative estimate of drug-likeness (QED) is 0.0794. The van der Waals surface area contributed by atoms with E-state index in [1.807, 2.05) is 12.1 Å². The third-order valence-corrected chi connectivity index (χ3v) is 7.15. The lowest BCUT2D eigenvalue weighted by molar-refractivity contribution is -0.136. The van der Waals surface area contributed by atoms with Gasteiger partial charge in [-0.05, 0) is 66.9 Å². The van der Waals surface area contributed by atoms with Crippen molar-refractivity contribution in [1.29, 1.82) is 0 Å². The number of hydrazone groups is 1. The smallest absolute Gasteiger partial charge is 0.337 e. The van der Waals surface area contributed by atoms with Gasteiger partial charge in [-0.25, -0.2) is 9.59 Å². The molecule has 0 radical (unpaired) electrons. The van der Waals surface area contributed by atoms with E-state index in [-0.39, 0.29) is 18.8 Å². The average molecular weight is 674 g/mol. The van der Waals surface area contributed by atoms with E-state index < -0.39 is 24.3 Å². The summed E-state index contributed by atoms with van der Waals surface area (Å²) in [4.78, 5) is 24.6. The van der Waals surface area contributed by atoms with Crippen molar-refractivity contribution < 1.29 is 38.4 Å². The van der Waals surface area contributed by atoms with Gasteiger partial charge in [-0.1, -0.05) is 41.4 Å². The summed E-state index contributed by atoms with van der Waals surface area (Å²) in [5, 5.41) is 20.8. The molecule has 1 aliphatic heterocycles. The summed E-state index contributed by atoms with van der Waals surface area (Å²) >= 11 is 12.5. The second kappa shape index (κ2) is 16.1. The molecule has 3 aromatic carbocycles. The fourth-order valence-electron chi connectivity index (χ4n) is 4.56. The highest BCUT2D eigenvalue weighted by Gasteiger charge is 2.32. The number of rotatable bonds is 14. The Kier molecular flexibility index (Phi) is 12.0. The van der Waals surface area contributed by atoms with Crippen molar-refractivity contribution in [2.45, 2.75) is 32.7 Å². The number of aliphatic hydroxyl groups excluding tert-OH is 1. The summed E-state index contributed by atoms with van der Waals surface area (Å²) in [6.07, 6.45) is 0.267. The molecule has 0 aromatic heterocycles. The van der Waals surface area contributed by atoms with E-state index in [1.165, 1.54) is 20.4 Å². The van der Waals surface area contributed by atoms with E-state index in [0.717, 1.165) is 5.56 Å². The number of esters is 1. The SMILES string of the molecule is CCOc1cc([C@H]2NC(=O)NC(C)=C2C(=O)OC)ccc1OC[C@@H](O)N/N=C/c1cc(Cl)c(OCc2cccc(Cl)c2)c(OC)c1. The van der Waals surface area contributed by atoms with Crippen LogP contribution in [0.3, 0.4) is 0 Å². The standard InChI is InChI=1S/C32H34Cl2N4O8/c1-5-44-25-14-21(29-28(31(40)43-4)18(2)36-32(41)37-29)9-10-24(25)45-17-27(39)38-35-15-20-12-23(34)30(26(13-20)42-3)46-16-19-7-6-8-22(33)11-19/h6-15,27,29,38-39H,5,16-17H2,1-4H3,(H2,36,37,41)/b35-15+/t27-,29-/m1/s1. The maximum Gasteiger partial charge on any atom is 0.337 e. The molecule has 0 saturated carbocycles. The number of hydrogen-bond donors (Lipinski definition) is 4. The number of ether oxygens (including phenoxy) is 5. The zero-order chi connectivity index (χ0) is 33.2. The molecule has 14 heteroatoms. The molecular formula is C32H34Cl2N4O8. The Morgan fingerprint density at radius 3 is 2.59 bits per heavy atom. The number of halogens is 2. The maximum atomic E-state index is 12.5. The largest absolute Gasteiger partial charge is 0.493 e. The number of hydrogen-bond acceptors (Lipinski definition) is 10. The number of benzene rings is 3. The Morgan fingerprint density at radius 1 is 1.07 bits per heavy atom. The highest BCUT2D eigenvalue weighted by Crippen LogP contribution is 2.37. The molecule has 1 heterocycles. The van der Waals surface area contributed by atoms with Crippen LogP contribution in [0.2, 0.25) is 10.0 Å². The highest BCUT2D eigenvalue weighted by atomic mass is 35.5. The van der Waals surface area contributed by atoms with Gasteiger partial charge in [-0.3, -0.25) is 5.43 Å². The van der Waals surface area contributed by atoms with E-state index in [4.69, 9.17) is 46.9 Å². The molecule has 46 heavy (non-hydrogen) atoms. The molecular weight excluding hydrogens is 639 g/mol. The molecule has 0 unspecified atom stereocenters. The molecule has 12 nitrogen and oxygen atoms in total. The van der Waals surface area contributed by atoms with E-state index in [9.17, 15) is 14.7 Å². The van der Waals surface area contributed by atoms with E-state index in [0.29, 0.717) is 56.5 Å². The molecule has 0 bridgehead atoms. The lowest BCUT2D eigenvalue weighted by Gasteiger charge is -2.28. The maximum absolute atomic E-state index is 12.5. The number of carbonyl (C=O) groups excluding carboxylic acids is 2. The number of allylic oxidation sites excluding steroid dienone is 1. The van der Waals surface area contributed by atoms with Crippen LogP contribution in [0.1, 0.15) is 36.6 Å². The third-order valence-electron chi connectivity index (χ3n) is 6.63. The summed E-state index contributed by atoms with van der Waals surface area (Å²) in [5.41, 5.74) is 5.27. The predicted molar refractivity (Wildman–Crippen MR) is 173 cm³/mol. The first-order valence-electron chi connectivity index (χ1n) is 14.1.